The summed E-state index contributed by atoms with van der Waals surface area (Å²) in [5.74, 6) is 0. The lowest BCUT2D eigenvalue weighted by Crippen LogP contribution is -2.42. The van der Waals surface area contributed by atoms with Gasteiger partial charge in [0.25, 0.3) is 0 Å². The van der Waals surface area contributed by atoms with Crippen molar-refractivity contribution < 1.29 is 57.4 Å². The summed E-state index contributed by atoms with van der Waals surface area (Å²) in [7, 11) is -22.7. The van der Waals surface area contributed by atoms with Crippen LogP contribution in [0.5, 0.6) is 0 Å². The molecule has 17 heteroatoms. The maximum absolute atomic E-state index is 11.2. The summed E-state index contributed by atoms with van der Waals surface area (Å²) in [6, 6.07) is 0. The average Bonchev–Trinajstić information content (AvgIpc) is 2.06. The number of hydrogen-bond donors (Lipinski definition) is 8. The summed E-state index contributed by atoms with van der Waals surface area (Å²) in [5, 5.41) is 0. The molecule has 0 fully saturated rings. The topological polar surface area (TPSA) is 233 Å². The smallest absolute Gasteiger partial charge is 0.323 e. The molecular weight excluding hydrogens is 378 g/mol. The van der Waals surface area contributed by atoms with E-state index in [1.165, 1.54) is 0 Å². The van der Waals surface area contributed by atoms with Crippen LogP contribution in [0.2, 0.25) is 0 Å². The van der Waals surface area contributed by atoms with E-state index in [1.54, 1.807) is 0 Å². The van der Waals surface area contributed by atoms with E-state index >= 15 is 0 Å². The molecule has 0 spiro atoms. The Hall–Kier alpha value is 0.560. The van der Waals surface area contributed by atoms with Crippen LogP contribution in [-0.4, -0.2) is 61.6 Å². The number of hydrogen-bond acceptors (Lipinski definition) is 5. The van der Waals surface area contributed by atoms with Crippen molar-refractivity contribution in [1.82, 2.24) is 4.90 Å². The number of rotatable bonds is 7. The van der Waals surface area contributed by atoms with Crippen LogP contribution in [-0.2, 0) is 18.3 Å². The highest BCUT2D eigenvalue weighted by atomic mass is 31.2. The van der Waals surface area contributed by atoms with Gasteiger partial charge in [-0.25, -0.2) is 0 Å². The zero-order valence-corrected chi connectivity index (χ0v) is 13.9. The van der Waals surface area contributed by atoms with E-state index in [-0.39, 0.29) is 4.90 Å². The van der Waals surface area contributed by atoms with Crippen molar-refractivity contribution in [2.75, 3.05) is 6.54 Å². The molecular formula is C4H15NO12P4. The van der Waals surface area contributed by atoms with Gasteiger partial charge in [-0.15, -0.1) is 0 Å². The van der Waals surface area contributed by atoms with Crippen molar-refractivity contribution in [3.63, 3.8) is 0 Å². The number of nitrogens with zero attached hydrogens (tertiary/aromatic N) is 1. The van der Waals surface area contributed by atoms with Crippen molar-refractivity contribution in [1.29, 1.82) is 0 Å². The van der Waals surface area contributed by atoms with Crippen LogP contribution in [0.25, 0.3) is 0 Å². The first-order valence-electron chi connectivity index (χ1n) is 4.90. The molecule has 0 aliphatic heterocycles. The molecule has 13 nitrogen and oxygen atoms in total. The Labute approximate surface area is 118 Å². The van der Waals surface area contributed by atoms with Gasteiger partial charge in [0.1, 0.15) is 0 Å². The van der Waals surface area contributed by atoms with Crippen molar-refractivity contribution in [3.05, 3.63) is 0 Å². The second kappa shape index (κ2) is 6.59. The first-order valence-corrected chi connectivity index (χ1v) is 11.6. The Bertz CT molecular complexity index is 458. The molecule has 0 aliphatic carbocycles. The van der Waals surface area contributed by atoms with E-state index in [2.05, 4.69) is 0 Å². The molecule has 0 aromatic heterocycles. The molecule has 0 aliphatic rings. The highest BCUT2D eigenvalue weighted by Crippen LogP contribution is 2.68. The zero-order valence-electron chi connectivity index (χ0n) is 10.3. The molecule has 0 saturated carbocycles. The van der Waals surface area contributed by atoms with Gasteiger partial charge in [0, 0.05) is 0 Å². The SMILES string of the molecule is CCN(C(P(=O)(O)O)P(=O)(O)O)C(P(=O)(O)O)P(=O)(O)O. The quantitative estimate of drug-likeness (QED) is 0.232. The van der Waals surface area contributed by atoms with Crippen molar-refractivity contribution in [3.8, 4) is 0 Å². The van der Waals surface area contributed by atoms with E-state index < -0.39 is 48.0 Å². The van der Waals surface area contributed by atoms with Crippen LogP contribution < -0.4 is 0 Å². The normalized spacial score (nSPS) is 15.2. The largest absolute Gasteiger partial charge is 0.355 e. The predicted molar refractivity (Wildman–Crippen MR) is 68.1 cm³/mol. The van der Waals surface area contributed by atoms with Gasteiger partial charge in [-0.3, -0.25) is 23.2 Å². The summed E-state index contributed by atoms with van der Waals surface area (Å²) < 4.78 is 44.8. The maximum atomic E-state index is 11.2. The average molecular weight is 393 g/mol. The molecule has 0 heterocycles. The molecule has 21 heavy (non-hydrogen) atoms. The lowest BCUT2D eigenvalue weighted by Gasteiger charge is -2.36. The van der Waals surface area contributed by atoms with Gasteiger partial charge >= 0.3 is 30.4 Å². The van der Waals surface area contributed by atoms with Crippen LogP contribution in [0, 0.1) is 0 Å². The molecule has 0 amide bonds. The molecule has 128 valence electrons. The van der Waals surface area contributed by atoms with E-state index in [1.807, 2.05) is 0 Å². The highest BCUT2D eigenvalue weighted by Gasteiger charge is 2.57. The van der Waals surface area contributed by atoms with E-state index in [0.29, 0.717) is 0 Å². The fraction of sp³-hybridized carbons (Fsp3) is 1.00. The Morgan fingerprint density at radius 1 is 0.667 bits per heavy atom. The molecule has 8 N–H and O–H groups in total. The van der Waals surface area contributed by atoms with Gasteiger partial charge in [0.05, 0.1) is 0 Å². The van der Waals surface area contributed by atoms with E-state index in [9.17, 15) is 18.3 Å². The lowest BCUT2D eigenvalue weighted by molar-refractivity contribution is 0.207. The molecule has 0 saturated heterocycles. The summed E-state index contributed by atoms with van der Waals surface area (Å²) in [5.41, 5.74) is -6.19. The Morgan fingerprint density at radius 2 is 0.857 bits per heavy atom. The first-order chi connectivity index (χ1) is 8.94. The maximum Gasteiger partial charge on any atom is 0.355 e. The fourth-order valence-electron chi connectivity index (χ4n) is 1.61. The summed E-state index contributed by atoms with van der Waals surface area (Å²) in [6.45, 7) is 0.0956. The second-order valence-electron chi connectivity index (χ2n) is 3.88. The zero-order chi connectivity index (χ0) is 17.4. The molecule has 0 aromatic rings. The predicted octanol–water partition coefficient (Wildman–Crippen LogP) is -1.41. The van der Waals surface area contributed by atoms with Gasteiger partial charge in [-0.2, -0.15) is 0 Å². The monoisotopic (exact) mass is 393 g/mol. The fourth-order valence-corrected chi connectivity index (χ4v) is 7.90. The molecule has 0 radical (unpaired) electrons. The molecule has 0 unspecified atom stereocenters. The third-order valence-electron chi connectivity index (χ3n) is 2.16. The second-order valence-corrected chi connectivity index (χ2v) is 11.4. The molecule has 0 rings (SSSR count). The Morgan fingerprint density at radius 3 is 0.952 bits per heavy atom. The molecule has 0 aromatic carbocycles. The summed E-state index contributed by atoms with van der Waals surface area (Å²) in [6.07, 6.45) is 0. The van der Waals surface area contributed by atoms with Gasteiger partial charge in [0.2, 0.25) is 11.0 Å². The van der Waals surface area contributed by atoms with Gasteiger partial charge in [-0.1, -0.05) is 6.92 Å². The third-order valence-corrected chi connectivity index (χ3v) is 9.37. The van der Waals surface area contributed by atoms with Crippen LogP contribution in [0.4, 0.5) is 0 Å². The van der Waals surface area contributed by atoms with E-state index in [0.717, 1.165) is 6.92 Å². The highest BCUT2D eigenvalue weighted by molar-refractivity contribution is 7.72. The van der Waals surface area contributed by atoms with Crippen LogP contribution >= 0.6 is 30.4 Å². The van der Waals surface area contributed by atoms with Crippen LogP contribution in [0.1, 0.15) is 6.92 Å². The summed E-state index contributed by atoms with van der Waals surface area (Å²) in [4.78, 5) is 71.5. The van der Waals surface area contributed by atoms with Crippen molar-refractivity contribution in [2.24, 2.45) is 0 Å². The first kappa shape index (κ1) is 21.6. The van der Waals surface area contributed by atoms with E-state index in [4.69, 9.17) is 39.1 Å². The van der Waals surface area contributed by atoms with Crippen LogP contribution in [0.3, 0.4) is 0 Å². The minimum atomic E-state index is -5.69. The molecule has 0 bridgehead atoms. The van der Waals surface area contributed by atoms with Crippen molar-refractivity contribution in [2.45, 2.75) is 18.0 Å². The summed E-state index contributed by atoms with van der Waals surface area (Å²) >= 11 is 0. The van der Waals surface area contributed by atoms with Gasteiger partial charge in [-0.05, 0) is 6.54 Å². The van der Waals surface area contributed by atoms with Gasteiger partial charge < -0.3 is 39.1 Å². The lowest BCUT2D eigenvalue weighted by atomic mass is 10.7. The minimum absolute atomic E-state index is 0.261. The Balaban J connectivity index is 6.30. The molecule has 0 atom stereocenters. The van der Waals surface area contributed by atoms with Gasteiger partial charge in [0.15, 0.2) is 0 Å². The minimum Gasteiger partial charge on any atom is -0.323 e. The standard InChI is InChI=1S/C4H15NO12P4/c1-2-5(3(18(6,7)8)19(9,10)11)4(20(12,13)14)21(15,16)17/h3-4H,2H2,1H3,(H2,6,7,8)(H2,9,10,11)(H2,12,13,14)(H2,15,16,17). The van der Waals surface area contributed by atoms with Crippen molar-refractivity contribution >= 4 is 30.4 Å². The van der Waals surface area contributed by atoms with Crippen LogP contribution in [0.15, 0.2) is 0 Å². The Kier molecular flexibility index (Phi) is 6.76. The third kappa shape index (κ3) is 5.93.